The van der Waals surface area contributed by atoms with Crippen LogP contribution in [0.4, 0.5) is 5.69 Å². The summed E-state index contributed by atoms with van der Waals surface area (Å²) in [5, 5.41) is 2.77. The number of rotatable bonds is 5. The van der Waals surface area contributed by atoms with Gasteiger partial charge in [-0.2, -0.15) is 0 Å². The largest absolute Gasteiger partial charge is 0.326 e. The van der Waals surface area contributed by atoms with Crippen LogP contribution in [0.2, 0.25) is 0 Å². The fourth-order valence-corrected chi connectivity index (χ4v) is 2.23. The summed E-state index contributed by atoms with van der Waals surface area (Å²) in [7, 11) is -4.00. The molecule has 1 aromatic rings. The van der Waals surface area contributed by atoms with Crippen molar-refractivity contribution in [3.05, 3.63) is 29.3 Å². The van der Waals surface area contributed by atoms with Crippen LogP contribution in [0.25, 0.3) is 0 Å². The van der Waals surface area contributed by atoms with Gasteiger partial charge in [-0.25, -0.2) is 0 Å². The average molecular weight is 271 g/mol. The molecule has 0 radical (unpaired) electrons. The fourth-order valence-electron chi connectivity index (χ4n) is 1.66. The van der Waals surface area contributed by atoms with Crippen LogP contribution in [0, 0.1) is 13.8 Å². The summed E-state index contributed by atoms with van der Waals surface area (Å²) < 4.78 is 10.6. The van der Waals surface area contributed by atoms with E-state index in [1.807, 2.05) is 32.0 Å². The number of nitrogens with one attached hydrogen (secondary N) is 1. The van der Waals surface area contributed by atoms with Crippen molar-refractivity contribution in [3.8, 4) is 0 Å². The lowest BCUT2D eigenvalue weighted by Crippen LogP contribution is -2.13. The Kier molecular flexibility index (Phi) is 5.08. The van der Waals surface area contributed by atoms with Gasteiger partial charge in [0.1, 0.15) is 0 Å². The molecule has 0 heterocycles. The lowest BCUT2D eigenvalue weighted by molar-refractivity contribution is -0.116. The number of carbonyl (C=O) groups is 1. The predicted molar refractivity (Wildman–Crippen MR) is 70.7 cm³/mol. The average Bonchev–Trinajstić information content (AvgIpc) is 2.22. The van der Waals surface area contributed by atoms with Crippen molar-refractivity contribution in [2.45, 2.75) is 26.7 Å². The van der Waals surface area contributed by atoms with Gasteiger partial charge in [-0.05, 0) is 31.4 Å². The molecule has 0 unspecified atom stereocenters. The monoisotopic (exact) mass is 271 g/mol. The smallest absolute Gasteiger partial charge is 0.325 e. The Morgan fingerprint density at radius 3 is 2.33 bits per heavy atom. The van der Waals surface area contributed by atoms with E-state index < -0.39 is 7.60 Å². The van der Waals surface area contributed by atoms with Gasteiger partial charge in [0, 0.05) is 12.1 Å². The predicted octanol–water partition coefficient (Wildman–Crippen LogP) is 2.20. The first-order valence-electron chi connectivity index (χ1n) is 5.70. The van der Waals surface area contributed by atoms with E-state index >= 15 is 0 Å². The Balaban J connectivity index is 2.53. The third kappa shape index (κ3) is 5.00. The highest BCUT2D eigenvalue weighted by atomic mass is 31.2. The van der Waals surface area contributed by atoms with Crippen LogP contribution in [0.5, 0.6) is 0 Å². The van der Waals surface area contributed by atoms with Gasteiger partial charge in [-0.15, -0.1) is 0 Å². The molecule has 18 heavy (non-hydrogen) atoms. The van der Waals surface area contributed by atoms with Crippen molar-refractivity contribution in [1.82, 2.24) is 0 Å². The Labute approximate surface area is 106 Å². The number of para-hydroxylation sites is 1. The minimum atomic E-state index is -4.00. The fraction of sp³-hybridized carbons (Fsp3) is 0.417. The Morgan fingerprint density at radius 2 is 1.83 bits per heavy atom. The van der Waals surface area contributed by atoms with Crippen LogP contribution in [0.15, 0.2) is 18.2 Å². The molecule has 0 aliphatic rings. The zero-order valence-corrected chi connectivity index (χ0v) is 11.4. The number of hydrogen-bond acceptors (Lipinski definition) is 2. The minimum absolute atomic E-state index is 0.110. The molecule has 1 rings (SSSR count). The molecule has 5 nitrogen and oxygen atoms in total. The summed E-state index contributed by atoms with van der Waals surface area (Å²) >= 11 is 0. The SMILES string of the molecule is Cc1cccc(C)c1NC(=O)CCCP(=O)(O)O. The van der Waals surface area contributed by atoms with E-state index in [-0.39, 0.29) is 24.9 Å². The molecular formula is C12H18NO4P. The molecule has 100 valence electrons. The van der Waals surface area contributed by atoms with Crippen molar-refractivity contribution >= 4 is 19.2 Å². The topological polar surface area (TPSA) is 86.6 Å². The molecule has 0 saturated heterocycles. The summed E-state index contributed by atoms with van der Waals surface area (Å²) in [5.41, 5.74) is 2.72. The number of carbonyl (C=O) groups excluding carboxylic acids is 1. The molecule has 0 aliphatic heterocycles. The summed E-state index contributed by atoms with van der Waals surface area (Å²) in [6.45, 7) is 3.80. The van der Waals surface area contributed by atoms with Gasteiger partial charge in [0.05, 0.1) is 6.16 Å². The van der Waals surface area contributed by atoms with E-state index in [2.05, 4.69) is 5.32 Å². The number of aryl methyl sites for hydroxylation is 2. The summed E-state index contributed by atoms with van der Waals surface area (Å²) in [5.74, 6) is -0.221. The van der Waals surface area contributed by atoms with E-state index in [0.29, 0.717) is 0 Å². The Bertz CT molecular complexity index is 461. The second-order valence-corrected chi connectivity index (χ2v) is 6.08. The maximum Gasteiger partial charge on any atom is 0.325 e. The molecule has 0 aromatic heterocycles. The molecule has 0 atom stereocenters. The van der Waals surface area contributed by atoms with E-state index in [1.54, 1.807) is 0 Å². The number of hydrogen-bond donors (Lipinski definition) is 3. The lowest BCUT2D eigenvalue weighted by atomic mass is 10.1. The van der Waals surface area contributed by atoms with Gasteiger partial charge in [0.25, 0.3) is 0 Å². The highest BCUT2D eigenvalue weighted by Crippen LogP contribution is 2.35. The summed E-state index contributed by atoms with van der Waals surface area (Å²) in [6, 6.07) is 5.71. The number of amides is 1. The van der Waals surface area contributed by atoms with E-state index in [9.17, 15) is 9.36 Å². The Morgan fingerprint density at radius 1 is 1.28 bits per heavy atom. The first-order chi connectivity index (χ1) is 8.29. The van der Waals surface area contributed by atoms with Gasteiger partial charge >= 0.3 is 7.60 Å². The number of anilines is 1. The molecular weight excluding hydrogens is 253 g/mol. The molecule has 6 heteroatoms. The van der Waals surface area contributed by atoms with Crippen molar-refractivity contribution in [3.63, 3.8) is 0 Å². The highest BCUT2D eigenvalue weighted by Gasteiger charge is 2.14. The third-order valence-electron chi connectivity index (χ3n) is 2.60. The van der Waals surface area contributed by atoms with Crippen molar-refractivity contribution < 1.29 is 19.1 Å². The van der Waals surface area contributed by atoms with Crippen LogP contribution in [0.3, 0.4) is 0 Å². The molecule has 1 aromatic carbocycles. The van der Waals surface area contributed by atoms with Crippen LogP contribution in [-0.4, -0.2) is 21.9 Å². The molecule has 0 aliphatic carbocycles. The van der Waals surface area contributed by atoms with Gasteiger partial charge < -0.3 is 15.1 Å². The quantitative estimate of drug-likeness (QED) is 0.716. The van der Waals surface area contributed by atoms with Gasteiger partial charge in [0.2, 0.25) is 5.91 Å². The second kappa shape index (κ2) is 6.14. The van der Waals surface area contributed by atoms with Crippen molar-refractivity contribution in [2.24, 2.45) is 0 Å². The third-order valence-corrected chi connectivity index (χ3v) is 3.50. The molecule has 0 bridgehead atoms. The summed E-state index contributed by atoms with van der Waals surface area (Å²) in [6.07, 6.45) is 0.0348. The maximum absolute atomic E-state index is 11.6. The second-order valence-electron chi connectivity index (χ2n) is 4.31. The highest BCUT2D eigenvalue weighted by molar-refractivity contribution is 7.51. The van der Waals surface area contributed by atoms with Gasteiger partial charge in [-0.3, -0.25) is 9.36 Å². The first-order valence-corrected chi connectivity index (χ1v) is 7.50. The van der Waals surface area contributed by atoms with E-state index in [0.717, 1.165) is 16.8 Å². The number of benzene rings is 1. The normalized spacial score (nSPS) is 11.3. The van der Waals surface area contributed by atoms with Crippen LogP contribution >= 0.6 is 7.60 Å². The minimum Gasteiger partial charge on any atom is -0.326 e. The van der Waals surface area contributed by atoms with Crippen LogP contribution in [-0.2, 0) is 9.36 Å². The molecule has 1 amide bonds. The lowest BCUT2D eigenvalue weighted by Gasteiger charge is -2.11. The molecule has 3 N–H and O–H groups in total. The first kappa shape index (κ1) is 14.9. The van der Waals surface area contributed by atoms with E-state index in [1.165, 1.54) is 0 Å². The van der Waals surface area contributed by atoms with E-state index in [4.69, 9.17) is 9.79 Å². The zero-order chi connectivity index (χ0) is 13.8. The standard InChI is InChI=1S/C12H18NO4P/c1-9-5-3-6-10(2)12(9)13-11(14)7-4-8-18(15,16)17/h3,5-6H,4,7-8H2,1-2H3,(H,13,14)(H2,15,16,17). The van der Waals surface area contributed by atoms with Crippen LogP contribution < -0.4 is 5.32 Å². The van der Waals surface area contributed by atoms with Crippen molar-refractivity contribution in [1.29, 1.82) is 0 Å². The van der Waals surface area contributed by atoms with Gasteiger partial charge in [0.15, 0.2) is 0 Å². The van der Waals surface area contributed by atoms with Crippen LogP contribution in [0.1, 0.15) is 24.0 Å². The zero-order valence-electron chi connectivity index (χ0n) is 10.5. The van der Waals surface area contributed by atoms with Gasteiger partial charge in [-0.1, -0.05) is 18.2 Å². The van der Waals surface area contributed by atoms with Crippen molar-refractivity contribution in [2.75, 3.05) is 11.5 Å². The Hall–Kier alpha value is -1.16. The molecule has 0 fully saturated rings. The molecule has 0 saturated carbocycles. The maximum atomic E-state index is 11.6. The summed E-state index contributed by atoms with van der Waals surface area (Å²) in [4.78, 5) is 29.0. The molecule has 0 spiro atoms.